The van der Waals surface area contributed by atoms with E-state index in [2.05, 4.69) is 50.0 Å². The van der Waals surface area contributed by atoms with Crippen LogP contribution in [0.3, 0.4) is 0 Å². The van der Waals surface area contributed by atoms with Crippen LogP contribution in [-0.4, -0.2) is 60.6 Å². The first-order valence-corrected chi connectivity index (χ1v) is 10.5. The Bertz CT molecular complexity index is 715. The van der Waals surface area contributed by atoms with Crippen molar-refractivity contribution in [2.45, 2.75) is 19.4 Å². The predicted octanol–water partition coefficient (Wildman–Crippen LogP) is 3.77. The van der Waals surface area contributed by atoms with Crippen LogP contribution in [0.5, 0.6) is 0 Å². The SMILES string of the molecule is Clc1cccc(CN2CCCC(CN3CCN(c4ccccn4)CC3)C2)c1. The summed E-state index contributed by atoms with van der Waals surface area (Å²) < 4.78 is 0. The lowest BCUT2D eigenvalue weighted by Crippen LogP contribution is -2.49. The molecule has 4 nitrogen and oxygen atoms in total. The minimum absolute atomic E-state index is 0.777. The number of nitrogens with zero attached hydrogens (tertiary/aromatic N) is 4. The van der Waals surface area contributed by atoms with Crippen LogP contribution in [0, 0.1) is 5.92 Å². The summed E-state index contributed by atoms with van der Waals surface area (Å²) in [7, 11) is 0. The summed E-state index contributed by atoms with van der Waals surface area (Å²) in [6.45, 7) is 9.09. The molecule has 4 rings (SSSR count). The van der Waals surface area contributed by atoms with Crippen molar-refractivity contribution >= 4 is 17.4 Å². The summed E-state index contributed by atoms with van der Waals surface area (Å²) in [4.78, 5) is 12.1. The predicted molar refractivity (Wildman–Crippen MR) is 112 cm³/mol. The first kappa shape index (κ1) is 18.7. The van der Waals surface area contributed by atoms with Crippen molar-refractivity contribution in [2.24, 2.45) is 5.92 Å². The number of likely N-dealkylation sites (tertiary alicyclic amines) is 1. The second kappa shape index (κ2) is 9.05. The molecule has 2 aromatic rings. The Morgan fingerprint density at radius 3 is 2.63 bits per heavy atom. The standard InChI is InChI=1S/C22H29ClN4/c23-21-7-3-5-19(15-21)16-26-10-4-6-20(18-26)17-25-11-13-27(14-12-25)22-8-1-2-9-24-22/h1-3,5,7-9,15,20H,4,6,10-14,16-18H2. The quantitative estimate of drug-likeness (QED) is 0.782. The summed E-state index contributed by atoms with van der Waals surface area (Å²) in [5.74, 6) is 1.89. The van der Waals surface area contributed by atoms with Crippen molar-refractivity contribution in [3.8, 4) is 0 Å². The van der Waals surface area contributed by atoms with Crippen molar-refractivity contribution in [2.75, 3.05) is 50.7 Å². The molecule has 27 heavy (non-hydrogen) atoms. The van der Waals surface area contributed by atoms with Gasteiger partial charge in [-0.1, -0.05) is 29.8 Å². The Labute approximate surface area is 167 Å². The molecule has 0 aliphatic carbocycles. The lowest BCUT2D eigenvalue weighted by molar-refractivity contribution is 0.125. The monoisotopic (exact) mass is 384 g/mol. The van der Waals surface area contributed by atoms with Crippen LogP contribution in [0.1, 0.15) is 18.4 Å². The van der Waals surface area contributed by atoms with Gasteiger partial charge < -0.3 is 4.90 Å². The summed E-state index contributed by atoms with van der Waals surface area (Å²) >= 11 is 6.14. The highest BCUT2D eigenvalue weighted by molar-refractivity contribution is 6.30. The number of pyridine rings is 1. The van der Waals surface area contributed by atoms with E-state index < -0.39 is 0 Å². The fraction of sp³-hybridized carbons (Fsp3) is 0.500. The van der Waals surface area contributed by atoms with Crippen molar-refractivity contribution in [1.29, 1.82) is 0 Å². The molecule has 0 radical (unpaired) electrons. The fourth-order valence-electron chi connectivity index (χ4n) is 4.40. The van der Waals surface area contributed by atoms with E-state index in [4.69, 9.17) is 11.6 Å². The highest BCUT2D eigenvalue weighted by Gasteiger charge is 2.24. The highest BCUT2D eigenvalue weighted by Crippen LogP contribution is 2.22. The minimum atomic E-state index is 0.777. The molecule has 144 valence electrons. The fourth-order valence-corrected chi connectivity index (χ4v) is 4.62. The molecule has 1 aromatic heterocycles. The van der Waals surface area contributed by atoms with Crippen LogP contribution in [0.15, 0.2) is 48.7 Å². The van der Waals surface area contributed by atoms with Gasteiger partial charge in [0.2, 0.25) is 0 Å². The molecule has 5 heteroatoms. The molecule has 3 heterocycles. The average Bonchev–Trinajstić information content (AvgIpc) is 2.70. The molecule has 2 saturated heterocycles. The topological polar surface area (TPSA) is 22.6 Å². The number of hydrogen-bond donors (Lipinski definition) is 0. The van der Waals surface area contributed by atoms with Crippen molar-refractivity contribution in [3.05, 3.63) is 59.2 Å². The molecular weight excluding hydrogens is 356 g/mol. The molecule has 1 unspecified atom stereocenters. The van der Waals surface area contributed by atoms with Gasteiger partial charge in [0.25, 0.3) is 0 Å². The van der Waals surface area contributed by atoms with Crippen molar-refractivity contribution in [3.63, 3.8) is 0 Å². The number of rotatable bonds is 5. The Morgan fingerprint density at radius 1 is 0.963 bits per heavy atom. The van der Waals surface area contributed by atoms with Crippen LogP contribution >= 0.6 is 11.6 Å². The van der Waals surface area contributed by atoms with Gasteiger partial charge in [0.1, 0.15) is 5.82 Å². The smallest absolute Gasteiger partial charge is 0.128 e. The van der Waals surface area contributed by atoms with E-state index in [0.29, 0.717) is 0 Å². The van der Waals surface area contributed by atoms with Crippen LogP contribution in [0.25, 0.3) is 0 Å². The molecule has 1 aromatic carbocycles. The number of hydrogen-bond acceptors (Lipinski definition) is 4. The summed E-state index contributed by atoms with van der Waals surface area (Å²) in [6, 6.07) is 14.5. The Morgan fingerprint density at radius 2 is 1.85 bits per heavy atom. The molecule has 2 aliphatic rings. The van der Waals surface area contributed by atoms with Crippen LogP contribution in [0.4, 0.5) is 5.82 Å². The molecule has 0 N–H and O–H groups in total. The molecule has 0 bridgehead atoms. The Kier molecular flexibility index (Phi) is 6.28. The van der Waals surface area contributed by atoms with Gasteiger partial charge in [-0.3, -0.25) is 9.80 Å². The summed E-state index contributed by atoms with van der Waals surface area (Å²) in [5, 5.41) is 0.840. The minimum Gasteiger partial charge on any atom is -0.354 e. The molecule has 0 amide bonds. The first-order chi connectivity index (χ1) is 13.3. The van der Waals surface area contributed by atoms with Gasteiger partial charge in [0, 0.05) is 57.0 Å². The second-order valence-corrected chi connectivity index (χ2v) is 8.29. The van der Waals surface area contributed by atoms with Crippen LogP contribution in [-0.2, 0) is 6.54 Å². The molecule has 2 aliphatic heterocycles. The number of piperazine rings is 1. The molecule has 0 saturated carbocycles. The summed E-state index contributed by atoms with van der Waals surface area (Å²) in [6.07, 6.45) is 4.55. The highest BCUT2D eigenvalue weighted by atomic mass is 35.5. The molecule has 1 atom stereocenters. The van der Waals surface area contributed by atoms with Crippen LogP contribution < -0.4 is 4.90 Å². The zero-order valence-electron chi connectivity index (χ0n) is 15.9. The number of benzene rings is 1. The maximum absolute atomic E-state index is 6.14. The van der Waals surface area contributed by atoms with E-state index in [0.717, 1.165) is 49.5 Å². The largest absolute Gasteiger partial charge is 0.354 e. The average molecular weight is 385 g/mol. The van der Waals surface area contributed by atoms with E-state index in [1.807, 2.05) is 18.3 Å². The molecular formula is C22H29ClN4. The second-order valence-electron chi connectivity index (χ2n) is 7.85. The molecule has 0 spiro atoms. The maximum Gasteiger partial charge on any atom is 0.128 e. The number of aromatic nitrogens is 1. The zero-order valence-corrected chi connectivity index (χ0v) is 16.7. The number of piperidine rings is 1. The van der Waals surface area contributed by atoms with Gasteiger partial charge >= 0.3 is 0 Å². The van der Waals surface area contributed by atoms with E-state index in [1.54, 1.807) is 0 Å². The van der Waals surface area contributed by atoms with E-state index >= 15 is 0 Å². The number of halogens is 1. The summed E-state index contributed by atoms with van der Waals surface area (Å²) in [5.41, 5.74) is 1.33. The van der Waals surface area contributed by atoms with Gasteiger partial charge in [-0.2, -0.15) is 0 Å². The lowest BCUT2D eigenvalue weighted by atomic mass is 9.96. The Hall–Kier alpha value is -1.62. The molecule has 2 fully saturated rings. The maximum atomic E-state index is 6.14. The van der Waals surface area contributed by atoms with Gasteiger partial charge in [0.15, 0.2) is 0 Å². The zero-order chi connectivity index (χ0) is 18.5. The Balaban J connectivity index is 1.25. The van der Waals surface area contributed by atoms with Crippen molar-refractivity contribution in [1.82, 2.24) is 14.8 Å². The van der Waals surface area contributed by atoms with E-state index in [1.165, 1.54) is 38.0 Å². The van der Waals surface area contributed by atoms with Crippen LogP contribution in [0.2, 0.25) is 5.02 Å². The van der Waals surface area contributed by atoms with Gasteiger partial charge in [0.05, 0.1) is 0 Å². The van der Waals surface area contributed by atoms with Gasteiger partial charge in [-0.15, -0.1) is 0 Å². The third-order valence-corrected chi connectivity index (χ3v) is 6.00. The van der Waals surface area contributed by atoms with Gasteiger partial charge in [-0.25, -0.2) is 4.98 Å². The van der Waals surface area contributed by atoms with E-state index in [9.17, 15) is 0 Å². The van der Waals surface area contributed by atoms with Crippen molar-refractivity contribution < 1.29 is 0 Å². The lowest BCUT2D eigenvalue weighted by Gasteiger charge is -2.39. The third-order valence-electron chi connectivity index (χ3n) is 5.76. The van der Waals surface area contributed by atoms with E-state index in [-0.39, 0.29) is 0 Å². The first-order valence-electron chi connectivity index (χ1n) is 10.1. The normalized spacial score (nSPS) is 22.1. The number of anilines is 1. The third kappa shape index (κ3) is 5.22. The van der Waals surface area contributed by atoms with Gasteiger partial charge in [-0.05, 0) is 55.1 Å².